The molecule has 0 spiro atoms. The standard InChI is InChI=1S/C15H20N4O/c1-2-5-13(12-16)15(20)19-10-8-18(9-11-19)14-6-3-4-7-17-14/h3-4,6-7,13H,2,5,8-11H2,1H3. The van der Waals surface area contributed by atoms with Crippen LogP contribution in [-0.4, -0.2) is 42.0 Å². The van der Waals surface area contributed by atoms with E-state index in [0.717, 1.165) is 25.3 Å². The molecule has 1 unspecified atom stereocenters. The zero-order valence-electron chi connectivity index (χ0n) is 11.8. The van der Waals surface area contributed by atoms with Crippen molar-refractivity contribution in [3.8, 4) is 6.07 Å². The first-order chi connectivity index (χ1) is 9.76. The van der Waals surface area contributed by atoms with Gasteiger partial charge in [0.1, 0.15) is 11.7 Å². The first kappa shape index (κ1) is 14.3. The van der Waals surface area contributed by atoms with Crippen LogP contribution in [0.15, 0.2) is 24.4 Å². The fourth-order valence-electron chi connectivity index (χ4n) is 2.45. The molecule has 106 valence electrons. The van der Waals surface area contributed by atoms with Gasteiger partial charge in [0.25, 0.3) is 0 Å². The van der Waals surface area contributed by atoms with Crippen LogP contribution in [0.25, 0.3) is 0 Å². The van der Waals surface area contributed by atoms with E-state index in [1.54, 1.807) is 6.20 Å². The summed E-state index contributed by atoms with van der Waals surface area (Å²) >= 11 is 0. The van der Waals surface area contributed by atoms with Crippen molar-refractivity contribution in [3.63, 3.8) is 0 Å². The van der Waals surface area contributed by atoms with Crippen LogP contribution in [0, 0.1) is 17.2 Å². The highest BCUT2D eigenvalue weighted by molar-refractivity contribution is 5.81. The van der Waals surface area contributed by atoms with Gasteiger partial charge in [-0.2, -0.15) is 5.26 Å². The Morgan fingerprint density at radius 1 is 1.40 bits per heavy atom. The van der Waals surface area contributed by atoms with Crippen LogP contribution < -0.4 is 4.90 Å². The molecule has 2 rings (SSSR count). The van der Waals surface area contributed by atoms with Crippen molar-refractivity contribution in [2.75, 3.05) is 31.1 Å². The molecular formula is C15H20N4O. The van der Waals surface area contributed by atoms with Crippen LogP contribution in [-0.2, 0) is 4.79 Å². The fourth-order valence-corrected chi connectivity index (χ4v) is 2.45. The lowest BCUT2D eigenvalue weighted by Crippen LogP contribution is -2.50. The van der Waals surface area contributed by atoms with Crippen molar-refractivity contribution >= 4 is 11.7 Å². The van der Waals surface area contributed by atoms with Crippen LogP contribution in [0.4, 0.5) is 5.82 Å². The van der Waals surface area contributed by atoms with Crippen molar-refractivity contribution in [2.45, 2.75) is 19.8 Å². The summed E-state index contributed by atoms with van der Waals surface area (Å²) in [7, 11) is 0. The number of carbonyl (C=O) groups excluding carboxylic acids is 1. The van der Waals surface area contributed by atoms with Gasteiger partial charge in [-0.05, 0) is 18.6 Å². The summed E-state index contributed by atoms with van der Waals surface area (Å²) < 4.78 is 0. The summed E-state index contributed by atoms with van der Waals surface area (Å²) in [6, 6.07) is 7.96. The third-order valence-corrected chi connectivity index (χ3v) is 3.60. The molecule has 1 fully saturated rings. The molecule has 5 nitrogen and oxygen atoms in total. The highest BCUT2D eigenvalue weighted by atomic mass is 16.2. The molecule has 0 aromatic carbocycles. The third-order valence-electron chi connectivity index (χ3n) is 3.60. The van der Waals surface area contributed by atoms with Crippen LogP contribution in [0.2, 0.25) is 0 Å². The van der Waals surface area contributed by atoms with Crippen LogP contribution >= 0.6 is 0 Å². The molecule has 20 heavy (non-hydrogen) atoms. The normalized spacial score (nSPS) is 16.6. The van der Waals surface area contributed by atoms with Crippen molar-refractivity contribution in [2.24, 2.45) is 5.92 Å². The number of hydrogen-bond donors (Lipinski definition) is 0. The molecule has 0 bridgehead atoms. The minimum atomic E-state index is -0.485. The third kappa shape index (κ3) is 3.27. The number of anilines is 1. The lowest BCUT2D eigenvalue weighted by Gasteiger charge is -2.36. The van der Waals surface area contributed by atoms with E-state index >= 15 is 0 Å². The van der Waals surface area contributed by atoms with Gasteiger partial charge in [-0.25, -0.2) is 4.98 Å². The molecule has 0 saturated carbocycles. The maximum Gasteiger partial charge on any atom is 0.240 e. The molecule has 1 atom stereocenters. The summed E-state index contributed by atoms with van der Waals surface area (Å²) in [6.07, 6.45) is 3.29. The average molecular weight is 272 g/mol. The van der Waals surface area contributed by atoms with Gasteiger partial charge in [-0.1, -0.05) is 19.4 Å². The first-order valence-corrected chi connectivity index (χ1v) is 7.10. The monoisotopic (exact) mass is 272 g/mol. The average Bonchev–Trinajstić information content (AvgIpc) is 2.53. The largest absolute Gasteiger partial charge is 0.353 e. The second kappa shape index (κ2) is 6.90. The van der Waals surface area contributed by atoms with E-state index in [0.29, 0.717) is 19.5 Å². The molecule has 0 N–H and O–H groups in total. The predicted octanol–water partition coefficient (Wildman–Crippen LogP) is 1.67. The maximum absolute atomic E-state index is 12.2. The van der Waals surface area contributed by atoms with Gasteiger partial charge in [-0.15, -0.1) is 0 Å². The van der Waals surface area contributed by atoms with Crippen LogP contribution in [0.5, 0.6) is 0 Å². The molecule has 1 amide bonds. The minimum Gasteiger partial charge on any atom is -0.353 e. The fraction of sp³-hybridized carbons (Fsp3) is 0.533. The zero-order valence-corrected chi connectivity index (χ0v) is 11.8. The quantitative estimate of drug-likeness (QED) is 0.836. The van der Waals surface area contributed by atoms with Crippen molar-refractivity contribution in [1.82, 2.24) is 9.88 Å². The van der Waals surface area contributed by atoms with E-state index in [1.165, 1.54) is 0 Å². The molecule has 0 aliphatic carbocycles. The Hall–Kier alpha value is -2.09. The van der Waals surface area contributed by atoms with Gasteiger partial charge in [-0.3, -0.25) is 4.79 Å². The highest BCUT2D eigenvalue weighted by Gasteiger charge is 2.27. The number of aromatic nitrogens is 1. The van der Waals surface area contributed by atoms with Crippen molar-refractivity contribution < 1.29 is 4.79 Å². The molecule has 1 saturated heterocycles. The number of nitrogens with zero attached hydrogens (tertiary/aromatic N) is 4. The van der Waals surface area contributed by atoms with E-state index in [4.69, 9.17) is 5.26 Å². The Labute approximate surface area is 119 Å². The number of hydrogen-bond acceptors (Lipinski definition) is 4. The second-order valence-corrected chi connectivity index (χ2v) is 4.97. The van der Waals surface area contributed by atoms with E-state index in [9.17, 15) is 4.79 Å². The second-order valence-electron chi connectivity index (χ2n) is 4.97. The Morgan fingerprint density at radius 2 is 2.15 bits per heavy atom. The summed E-state index contributed by atoms with van der Waals surface area (Å²) in [5.41, 5.74) is 0. The minimum absolute atomic E-state index is 0.0185. The topological polar surface area (TPSA) is 60.2 Å². The Morgan fingerprint density at radius 3 is 2.70 bits per heavy atom. The molecule has 1 aromatic rings. The summed E-state index contributed by atoms with van der Waals surface area (Å²) in [4.78, 5) is 20.5. The van der Waals surface area contributed by atoms with Gasteiger partial charge in [0.15, 0.2) is 0 Å². The van der Waals surface area contributed by atoms with Gasteiger partial charge < -0.3 is 9.80 Å². The molecule has 5 heteroatoms. The number of piperazine rings is 1. The smallest absolute Gasteiger partial charge is 0.240 e. The van der Waals surface area contributed by atoms with Crippen molar-refractivity contribution in [1.29, 1.82) is 5.26 Å². The van der Waals surface area contributed by atoms with E-state index in [2.05, 4.69) is 16.0 Å². The molecule has 1 aliphatic rings. The maximum atomic E-state index is 12.2. The van der Waals surface area contributed by atoms with E-state index in [1.807, 2.05) is 30.0 Å². The highest BCUT2D eigenvalue weighted by Crippen LogP contribution is 2.15. The molecule has 0 radical (unpaired) electrons. The molecule has 1 aromatic heterocycles. The number of pyridine rings is 1. The van der Waals surface area contributed by atoms with Crippen LogP contribution in [0.1, 0.15) is 19.8 Å². The van der Waals surface area contributed by atoms with Gasteiger partial charge in [0.2, 0.25) is 5.91 Å². The van der Waals surface area contributed by atoms with Gasteiger partial charge >= 0.3 is 0 Å². The van der Waals surface area contributed by atoms with Crippen molar-refractivity contribution in [3.05, 3.63) is 24.4 Å². The molecular weight excluding hydrogens is 252 g/mol. The Balaban J connectivity index is 1.91. The van der Waals surface area contributed by atoms with Gasteiger partial charge in [0.05, 0.1) is 6.07 Å². The molecule has 2 heterocycles. The summed E-state index contributed by atoms with van der Waals surface area (Å²) in [5.74, 6) is 0.446. The zero-order chi connectivity index (χ0) is 14.4. The predicted molar refractivity (Wildman–Crippen MR) is 77.0 cm³/mol. The summed E-state index contributed by atoms with van der Waals surface area (Å²) in [5, 5.41) is 9.07. The number of nitriles is 1. The lowest BCUT2D eigenvalue weighted by atomic mass is 10.0. The Kier molecular flexibility index (Phi) is 4.94. The summed E-state index contributed by atoms with van der Waals surface area (Å²) in [6.45, 7) is 4.87. The SMILES string of the molecule is CCCC(C#N)C(=O)N1CCN(c2ccccn2)CC1. The number of carbonyl (C=O) groups is 1. The number of amides is 1. The number of rotatable bonds is 4. The van der Waals surface area contributed by atoms with Crippen LogP contribution in [0.3, 0.4) is 0 Å². The molecule has 1 aliphatic heterocycles. The van der Waals surface area contributed by atoms with E-state index in [-0.39, 0.29) is 5.91 Å². The first-order valence-electron chi connectivity index (χ1n) is 7.10. The van der Waals surface area contributed by atoms with E-state index < -0.39 is 5.92 Å². The Bertz CT molecular complexity index is 474. The lowest BCUT2D eigenvalue weighted by molar-refractivity contribution is -0.134. The van der Waals surface area contributed by atoms with Gasteiger partial charge in [0, 0.05) is 32.4 Å².